The van der Waals surface area contributed by atoms with Crippen LogP contribution in [0.4, 0.5) is 5.95 Å². The van der Waals surface area contributed by atoms with Crippen LogP contribution in [0.1, 0.15) is 60.5 Å². The number of aromatic nitrogens is 3. The fraction of sp³-hybridized carbons (Fsp3) is 0.424. The van der Waals surface area contributed by atoms with Crippen LogP contribution in [0.15, 0.2) is 60.8 Å². The van der Waals surface area contributed by atoms with Gasteiger partial charge in [-0.3, -0.25) is 20.0 Å². The van der Waals surface area contributed by atoms with Crippen molar-refractivity contribution in [1.82, 2.24) is 19.4 Å². The Hall–Kier alpha value is -3.79. The number of para-hydroxylation sites is 1. The lowest BCUT2D eigenvalue weighted by atomic mass is 9.93. The minimum atomic E-state index is -0.272. The minimum absolute atomic E-state index is 0.144. The van der Waals surface area contributed by atoms with Crippen LogP contribution in [0.3, 0.4) is 0 Å². The number of ether oxygens (including phenoxy) is 2. The minimum Gasteiger partial charge on any atom is -0.496 e. The Morgan fingerprint density at radius 3 is 2.69 bits per heavy atom. The maximum atomic E-state index is 13.6. The quantitative estimate of drug-likeness (QED) is 0.291. The van der Waals surface area contributed by atoms with Gasteiger partial charge in [-0.05, 0) is 87.0 Å². The number of pyridine rings is 1. The van der Waals surface area contributed by atoms with Crippen molar-refractivity contribution in [2.24, 2.45) is 0 Å². The first kappa shape index (κ1) is 28.3. The normalized spacial score (nSPS) is 21.4. The van der Waals surface area contributed by atoms with Crippen molar-refractivity contribution in [2.75, 3.05) is 32.6 Å². The van der Waals surface area contributed by atoms with Crippen LogP contribution in [-0.2, 0) is 11.3 Å². The van der Waals surface area contributed by atoms with Gasteiger partial charge >= 0.3 is 0 Å². The molecule has 3 heterocycles. The van der Waals surface area contributed by atoms with E-state index in [0.717, 1.165) is 74.8 Å². The molecule has 1 aliphatic heterocycles. The highest BCUT2D eigenvalue weighted by Crippen LogP contribution is 2.35. The number of methoxy groups -OCH3 is 2. The first-order chi connectivity index (χ1) is 20.5. The lowest BCUT2D eigenvalue weighted by molar-refractivity contribution is 0.0285. The third-order valence-electron chi connectivity index (χ3n) is 8.62. The molecule has 4 aromatic rings. The van der Waals surface area contributed by atoms with Crippen molar-refractivity contribution in [3.8, 4) is 17.0 Å². The number of nitrogens with zero attached hydrogens (tertiary/aromatic N) is 4. The van der Waals surface area contributed by atoms with Gasteiger partial charge in [0.05, 0.1) is 36.0 Å². The summed E-state index contributed by atoms with van der Waals surface area (Å²) >= 11 is 0. The third-order valence-corrected chi connectivity index (χ3v) is 8.62. The van der Waals surface area contributed by atoms with Gasteiger partial charge in [-0.2, -0.15) is 0 Å². The fourth-order valence-corrected chi connectivity index (χ4v) is 6.37. The summed E-state index contributed by atoms with van der Waals surface area (Å²) in [5, 5.41) is 13.3. The monoisotopic (exact) mass is 569 g/mol. The number of rotatable bonds is 8. The van der Waals surface area contributed by atoms with Crippen molar-refractivity contribution in [3.05, 3.63) is 71.9 Å². The van der Waals surface area contributed by atoms with Crippen molar-refractivity contribution in [2.45, 2.75) is 63.3 Å². The second kappa shape index (κ2) is 12.6. The summed E-state index contributed by atoms with van der Waals surface area (Å²) in [4.78, 5) is 25.5. The number of benzene rings is 2. The summed E-state index contributed by atoms with van der Waals surface area (Å²) < 4.78 is 13.3. The summed E-state index contributed by atoms with van der Waals surface area (Å²) in [7, 11) is 3.41. The molecule has 2 fully saturated rings. The highest BCUT2D eigenvalue weighted by Gasteiger charge is 2.26. The first-order valence-corrected chi connectivity index (χ1v) is 14.9. The predicted molar refractivity (Wildman–Crippen MR) is 163 cm³/mol. The van der Waals surface area contributed by atoms with E-state index >= 15 is 0 Å². The van der Waals surface area contributed by atoms with Gasteiger partial charge in [-0.15, -0.1) is 0 Å². The van der Waals surface area contributed by atoms with E-state index in [1.807, 2.05) is 24.3 Å². The van der Waals surface area contributed by atoms with Crippen molar-refractivity contribution >= 4 is 22.9 Å². The molecular weight excluding hydrogens is 530 g/mol. The van der Waals surface area contributed by atoms with Gasteiger partial charge in [0, 0.05) is 43.6 Å². The second-order valence-electron chi connectivity index (χ2n) is 11.4. The zero-order chi connectivity index (χ0) is 29.1. The molecule has 0 radical (unpaired) electrons. The molecule has 1 saturated carbocycles. The number of fused-ring (bicyclic) bond motifs is 1. The molecule has 0 spiro atoms. The second-order valence-corrected chi connectivity index (χ2v) is 11.4. The molecule has 9 nitrogen and oxygen atoms in total. The number of aliphatic hydroxyl groups is 1. The van der Waals surface area contributed by atoms with Gasteiger partial charge in [0.2, 0.25) is 5.95 Å². The number of imidazole rings is 1. The van der Waals surface area contributed by atoms with Crippen LogP contribution in [0, 0.1) is 0 Å². The van der Waals surface area contributed by atoms with Crippen LogP contribution in [0.2, 0.25) is 0 Å². The zero-order valence-corrected chi connectivity index (χ0v) is 24.3. The third kappa shape index (κ3) is 6.04. The van der Waals surface area contributed by atoms with Crippen LogP contribution < -0.4 is 10.1 Å². The molecule has 1 aliphatic carbocycles. The Balaban J connectivity index is 1.30. The highest BCUT2D eigenvalue weighted by molar-refractivity contribution is 6.04. The molecular formula is C33H39N5O4. The number of piperidine rings is 1. The van der Waals surface area contributed by atoms with Crippen molar-refractivity contribution < 1.29 is 19.4 Å². The highest BCUT2D eigenvalue weighted by atomic mass is 16.5. The molecule has 9 heteroatoms. The number of carbonyl (C=O) groups excluding carboxylic acids is 1. The predicted octanol–water partition coefficient (Wildman–Crippen LogP) is 5.45. The van der Waals surface area contributed by atoms with Gasteiger partial charge in [0.15, 0.2) is 0 Å². The number of amides is 1. The van der Waals surface area contributed by atoms with E-state index in [2.05, 4.69) is 38.0 Å². The smallest absolute Gasteiger partial charge is 0.258 e. The number of nitrogens with one attached hydrogen (secondary N) is 1. The van der Waals surface area contributed by atoms with E-state index in [9.17, 15) is 9.90 Å². The Labute approximate surface area is 246 Å². The zero-order valence-electron chi connectivity index (χ0n) is 24.3. The largest absolute Gasteiger partial charge is 0.496 e. The van der Waals surface area contributed by atoms with Crippen LogP contribution in [0.5, 0.6) is 5.75 Å². The number of hydrogen-bond acceptors (Lipinski definition) is 7. The summed E-state index contributed by atoms with van der Waals surface area (Å²) in [5.41, 5.74) is 5.01. The maximum absolute atomic E-state index is 13.6. The molecule has 2 aromatic carbocycles. The van der Waals surface area contributed by atoms with Gasteiger partial charge in [-0.1, -0.05) is 18.2 Å². The first-order valence-electron chi connectivity index (χ1n) is 14.9. The average molecular weight is 570 g/mol. The van der Waals surface area contributed by atoms with E-state index in [1.54, 1.807) is 32.5 Å². The Morgan fingerprint density at radius 1 is 1.05 bits per heavy atom. The van der Waals surface area contributed by atoms with E-state index < -0.39 is 0 Å². The molecule has 1 unspecified atom stereocenters. The van der Waals surface area contributed by atoms with Crippen LogP contribution in [-0.4, -0.2) is 70.0 Å². The molecule has 2 aliphatic rings. The summed E-state index contributed by atoms with van der Waals surface area (Å²) in [6, 6.07) is 17.7. The lowest BCUT2D eigenvalue weighted by Gasteiger charge is -2.31. The van der Waals surface area contributed by atoms with E-state index in [0.29, 0.717) is 23.0 Å². The molecule has 1 amide bonds. The van der Waals surface area contributed by atoms with Crippen molar-refractivity contribution in [3.63, 3.8) is 0 Å². The van der Waals surface area contributed by atoms with E-state index in [4.69, 9.17) is 14.5 Å². The standard InChI is InChI=1S/C33H39N5O4/c1-41-26-6-5-17-37(21-26)20-22-9-14-30-29(18-22)35-33(38(30)24-10-12-25(39)13-11-24)36-32(40)23-15-16-34-28(19-23)27-7-3-4-8-31(27)42-2/h3-4,7-9,14-16,18-19,24-26,39H,5-6,10-13,17,20-21H2,1-2H3,(H,35,36,40). The van der Waals surface area contributed by atoms with Crippen LogP contribution in [0.25, 0.3) is 22.3 Å². The average Bonchev–Trinajstić information content (AvgIpc) is 3.38. The van der Waals surface area contributed by atoms with Gasteiger partial charge in [0.25, 0.3) is 5.91 Å². The summed E-state index contributed by atoms with van der Waals surface area (Å²) in [5.74, 6) is 0.976. The molecule has 0 bridgehead atoms. The Morgan fingerprint density at radius 2 is 1.88 bits per heavy atom. The van der Waals surface area contributed by atoms with Gasteiger partial charge in [-0.25, -0.2) is 4.98 Å². The van der Waals surface area contributed by atoms with E-state index in [-0.39, 0.29) is 24.2 Å². The summed E-state index contributed by atoms with van der Waals surface area (Å²) in [6.45, 7) is 2.82. The number of anilines is 1. The molecule has 2 N–H and O–H groups in total. The number of carbonyl (C=O) groups is 1. The molecule has 2 aromatic heterocycles. The number of likely N-dealkylation sites (tertiary alicyclic amines) is 1. The van der Waals surface area contributed by atoms with Crippen molar-refractivity contribution in [1.29, 1.82) is 0 Å². The Bertz CT molecular complexity index is 1540. The lowest BCUT2D eigenvalue weighted by Crippen LogP contribution is -2.38. The number of aliphatic hydroxyl groups excluding tert-OH is 1. The number of hydrogen-bond donors (Lipinski definition) is 2. The molecule has 1 saturated heterocycles. The summed E-state index contributed by atoms with van der Waals surface area (Å²) in [6.07, 6.45) is 7.01. The molecule has 220 valence electrons. The maximum Gasteiger partial charge on any atom is 0.258 e. The molecule has 1 atom stereocenters. The van der Waals surface area contributed by atoms with E-state index in [1.165, 1.54) is 5.56 Å². The van der Waals surface area contributed by atoms with Crippen LogP contribution >= 0.6 is 0 Å². The molecule has 42 heavy (non-hydrogen) atoms. The van der Waals surface area contributed by atoms with Gasteiger partial charge < -0.3 is 19.1 Å². The topological polar surface area (TPSA) is 102 Å². The molecule has 6 rings (SSSR count). The SMILES string of the molecule is COc1ccccc1-c1cc(C(=O)Nc2nc3cc(CN4CCCC(OC)C4)ccc3n2C2CCC(O)CC2)ccn1. The fourth-order valence-electron chi connectivity index (χ4n) is 6.37. The van der Waals surface area contributed by atoms with Gasteiger partial charge in [0.1, 0.15) is 5.75 Å². The Kier molecular flexibility index (Phi) is 8.51.